The van der Waals surface area contributed by atoms with E-state index in [0.29, 0.717) is 5.65 Å². The van der Waals surface area contributed by atoms with E-state index in [4.69, 9.17) is 21.3 Å². The fourth-order valence-corrected chi connectivity index (χ4v) is 3.60. The van der Waals surface area contributed by atoms with Crippen molar-refractivity contribution in [2.45, 2.75) is 20.3 Å². The number of pyridine rings is 1. The van der Waals surface area contributed by atoms with Crippen LogP contribution in [-0.2, 0) is 6.42 Å². The van der Waals surface area contributed by atoms with Gasteiger partial charge in [-0.15, -0.1) is 0 Å². The van der Waals surface area contributed by atoms with Gasteiger partial charge in [-0.1, -0.05) is 30.7 Å². The lowest BCUT2D eigenvalue weighted by molar-refractivity contribution is 0.415. The Labute approximate surface area is 155 Å². The van der Waals surface area contributed by atoms with Crippen LogP contribution >= 0.6 is 11.6 Å². The van der Waals surface area contributed by atoms with Gasteiger partial charge in [-0.2, -0.15) is 5.10 Å². The van der Waals surface area contributed by atoms with Crippen molar-refractivity contribution in [1.82, 2.24) is 15.2 Å². The molecule has 0 aliphatic heterocycles. The summed E-state index contributed by atoms with van der Waals surface area (Å²) in [6, 6.07) is 9.21. The molecule has 0 unspecified atom stereocenters. The van der Waals surface area contributed by atoms with Crippen molar-refractivity contribution in [2.75, 3.05) is 7.11 Å². The lowest BCUT2D eigenvalue weighted by Gasteiger charge is -2.14. The number of nitrogens with zero attached hydrogens (tertiary/aromatic N) is 2. The van der Waals surface area contributed by atoms with E-state index in [1.54, 1.807) is 25.3 Å². The summed E-state index contributed by atoms with van der Waals surface area (Å²) < 4.78 is 5.78. The number of hydrogen-bond acceptors (Lipinski definition) is 4. The fourth-order valence-electron chi connectivity index (χ4n) is 3.42. The van der Waals surface area contributed by atoms with Crippen molar-refractivity contribution >= 4 is 33.4 Å². The highest BCUT2D eigenvalue weighted by Gasteiger charge is 2.19. The summed E-state index contributed by atoms with van der Waals surface area (Å²) in [4.78, 5) is 4.76. The fraction of sp³-hybridized carbons (Fsp3) is 0.200. The van der Waals surface area contributed by atoms with Gasteiger partial charge in [0, 0.05) is 22.0 Å². The van der Waals surface area contributed by atoms with Crippen LogP contribution in [0.3, 0.4) is 0 Å². The largest absolute Gasteiger partial charge is 0.506 e. The molecule has 2 heterocycles. The summed E-state index contributed by atoms with van der Waals surface area (Å²) in [7, 11) is 1.69. The number of fused-ring (bicyclic) bond motifs is 3. The van der Waals surface area contributed by atoms with Gasteiger partial charge >= 0.3 is 0 Å². The molecule has 0 saturated carbocycles. The normalized spacial score (nSPS) is 11.4. The molecule has 0 radical (unpaired) electrons. The molecule has 26 heavy (non-hydrogen) atoms. The van der Waals surface area contributed by atoms with Crippen LogP contribution in [0.2, 0.25) is 5.02 Å². The lowest BCUT2D eigenvalue weighted by atomic mass is 9.97. The minimum absolute atomic E-state index is 0.0438. The molecule has 0 aliphatic rings. The molecule has 0 amide bonds. The van der Waals surface area contributed by atoms with Gasteiger partial charge < -0.3 is 9.84 Å². The first-order valence-electron chi connectivity index (χ1n) is 8.38. The van der Waals surface area contributed by atoms with Crippen LogP contribution in [0.25, 0.3) is 33.1 Å². The van der Waals surface area contributed by atoms with Crippen LogP contribution in [0, 0.1) is 6.92 Å². The Bertz CT molecular complexity index is 1150. The first kappa shape index (κ1) is 16.7. The van der Waals surface area contributed by atoms with Gasteiger partial charge in [-0.3, -0.25) is 5.10 Å². The highest BCUT2D eigenvalue weighted by Crippen LogP contribution is 2.41. The van der Waals surface area contributed by atoms with Gasteiger partial charge in [0.1, 0.15) is 11.5 Å². The van der Waals surface area contributed by atoms with E-state index in [1.807, 2.05) is 6.92 Å². The monoisotopic (exact) mass is 367 g/mol. The molecule has 6 heteroatoms. The lowest BCUT2D eigenvalue weighted by Crippen LogP contribution is -1.96. The second-order valence-electron chi connectivity index (χ2n) is 6.21. The number of hydrogen-bond donors (Lipinski definition) is 2. The molecule has 0 atom stereocenters. The highest BCUT2D eigenvalue weighted by atomic mass is 35.5. The third-order valence-corrected chi connectivity index (χ3v) is 5.00. The van der Waals surface area contributed by atoms with Gasteiger partial charge in [-0.25, -0.2) is 4.98 Å². The molecule has 0 fully saturated rings. The number of phenolic OH excluding ortho intramolecular Hbond substituents is 1. The van der Waals surface area contributed by atoms with Crippen molar-refractivity contribution in [3.8, 4) is 22.8 Å². The average Bonchev–Trinajstić information content (AvgIpc) is 3.03. The topological polar surface area (TPSA) is 71.0 Å². The molecule has 2 aromatic heterocycles. The number of aromatic hydroxyl groups is 1. The Hall–Kier alpha value is -2.79. The summed E-state index contributed by atoms with van der Waals surface area (Å²) in [6.07, 6.45) is 0.861. The second kappa shape index (κ2) is 6.18. The Kier molecular flexibility index (Phi) is 3.96. The quantitative estimate of drug-likeness (QED) is 0.533. The second-order valence-corrected chi connectivity index (χ2v) is 6.62. The van der Waals surface area contributed by atoms with E-state index >= 15 is 0 Å². The van der Waals surface area contributed by atoms with Crippen molar-refractivity contribution < 1.29 is 9.84 Å². The van der Waals surface area contributed by atoms with Crippen molar-refractivity contribution in [1.29, 1.82) is 0 Å². The molecule has 0 aliphatic carbocycles. The molecule has 132 valence electrons. The molecule has 2 aromatic carbocycles. The zero-order chi connectivity index (χ0) is 18.4. The Morgan fingerprint density at radius 1 is 1.19 bits per heavy atom. The number of benzene rings is 2. The smallest absolute Gasteiger partial charge is 0.182 e. The number of aromatic nitrogens is 3. The van der Waals surface area contributed by atoms with Crippen LogP contribution in [0.5, 0.6) is 11.5 Å². The molecule has 4 aromatic rings. The Morgan fingerprint density at radius 2 is 2.00 bits per heavy atom. The number of aromatic amines is 1. The number of nitrogens with one attached hydrogen (secondary N) is 1. The number of ether oxygens (including phenoxy) is 1. The number of methoxy groups -OCH3 is 1. The molecular formula is C20H18ClN3O2. The van der Waals surface area contributed by atoms with Crippen molar-refractivity contribution in [3.63, 3.8) is 0 Å². The average molecular weight is 368 g/mol. The number of phenols is 1. The van der Waals surface area contributed by atoms with Gasteiger partial charge in [-0.05, 0) is 37.1 Å². The Balaban J connectivity index is 2.19. The van der Waals surface area contributed by atoms with Gasteiger partial charge in [0.15, 0.2) is 5.65 Å². The number of rotatable bonds is 3. The summed E-state index contributed by atoms with van der Waals surface area (Å²) in [5.41, 5.74) is 4.26. The van der Waals surface area contributed by atoms with Gasteiger partial charge in [0.2, 0.25) is 0 Å². The van der Waals surface area contributed by atoms with Crippen LogP contribution < -0.4 is 4.74 Å². The maximum atomic E-state index is 9.74. The summed E-state index contributed by atoms with van der Waals surface area (Å²) in [6.45, 7) is 4.08. The number of H-pyrrole nitrogens is 1. The summed E-state index contributed by atoms with van der Waals surface area (Å²) in [5, 5.41) is 20.3. The molecule has 0 saturated heterocycles. The molecule has 0 bridgehead atoms. The van der Waals surface area contributed by atoms with Gasteiger partial charge in [0.25, 0.3) is 0 Å². The predicted molar refractivity (Wildman–Crippen MR) is 104 cm³/mol. The first-order valence-corrected chi connectivity index (χ1v) is 8.76. The zero-order valence-corrected chi connectivity index (χ0v) is 15.5. The SMILES string of the molecule is CCc1ccc2c(-c3ccc(O)c(Cl)c3)nc3n[nH]c(C)c3c2c1OC. The first-order chi connectivity index (χ1) is 12.5. The molecule has 4 rings (SSSR count). The summed E-state index contributed by atoms with van der Waals surface area (Å²) in [5.74, 6) is 0.885. The predicted octanol–water partition coefficient (Wildman–Crippen LogP) is 5.02. The van der Waals surface area contributed by atoms with Crippen LogP contribution in [0.1, 0.15) is 18.2 Å². The van der Waals surface area contributed by atoms with Crippen molar-refractivity contribution in [3.05, 3.63) is 46.6 Å². The third-order valence-electron chi connectivity index (χ3n) is 4.70. The molecule has 0 spiro atoms. The molecule has 5 nitrogen and oxygen atoms in total. The maximum Gasteiger partial charge on any atom is 0.182 e. The van der Waals surface area contributed by atoms with E-state index < -0.39 is 0 Å². The van der Waals surface area contributed by atoms with Crippen LogP contribution in [0.4, 0.5) is 0 Å². The van der Waals surface area contributed by atoms with E-state index in [9.17, 15) is 5.11 Å². The molecular weight excluding hydrogens is 350 g/mol. The minimum Gasteiger partial charge on any atom is -0.506 e. The summed E-state index contributed by atoms with van der Waals surface area (Å²) >= 11 is 6.12. The van der Waals surface area contributed by atoms with Crippen molar-refractivity contribution in [2.24, 2.45) is 0 Å². The van der Waals surface area contributed by atoms with E-state index in [1.165, 1.54) is 0 Å². The van der Waals surface area contributed by atoms with E-state index in [0.717, 1.165) is 50.8 Å². The maximum absolute atomic E-state index is 9.74. The standard InChI is InChI=1S/C20H18ClN3O2/c1-4-11-5-7-13-17(19(11)26-3)16-10(2)23-24-20(16)22-18(13)12-6-8-15(25)14(21)9-12/h5-9,25H,4H2,1-3H3,(H,22,23,24). The molecule has 2 N–H and O–H groups in total. The van der Waals surface area contributed by atoms with Crippen LogP contribution in [-0.4, -0.2) is 27.4 Å². The van der Waals surface area contributed by atoms with E-state index in [-0.39, 0.29) is 10.8 Å². The number of halogens is 1. The van der Waals surface area contributed by atoms with E-state index in [2.05, 4.69) is 29.3 Å². The van der Waals surface area contributed by atoms with Crippen LogP contribution in [0.15, 0.2) is 30.3 Å². The highest BCUT2D eigenvalue weighted by molar-refractivity contribution is 6.32. The van der Waals surface area contributed by atoms with Gasteiger partial charge in [0.05, 0.1) is 23.2 Å². The zero-order valence-electron chi connectivity index (χ0n) is 14.7. The Morgan fingerprint density at radius 3 is 2.69 bits per heavy atom. The third kappa shape index (κ3) is 2.39. The number of aryl methyl sites for hydroxylation is 2. The minimum atomic E-state index is 0.0438.